The van der Waals surface area contributed by atoms with Gasteiger partial charge in [0.15, 0.2) is 5.82 Å². The third kappa shape index (κ3) is 2.36. The molecular weight excluding hydrogens is 228 g/mol. The molecule has 0 unspecified atom stereocenters. The van der Waals surface area contributed by atoms with E-state index in [2.05, 4.69) is 26.8 Å². The molecule has 18 heavy (non-hydrogen) atoms. The molecule has 0 radical (unpaired) electrons. The lowest BCUT2D eigenvalue weighted by molar-refractivity contribution is 0.400. The maximum atomic E-state index is 5.01. The van der Waals surface area contributed by atoms with Gasteiger partial charge in [0.05, 0.1) is 5.69 Å². The first-order valence-corrected chi connectivity index (χ1v) is 6.22. The zero-order chi connectivity index (χ0) is 12.4. The first kappa shape index (κ1) is 11.2. The van der Waals surface area contributed by atoms with E-state index >= 15 is 0 Å². The van der Waals surface area contributed by atoms with Crippen LogP contribution in [-0.4, -0.2) is 16.7 Å². The van der Waals surface area contributed by atoms with E-state index in [4.69, 9.17) is 4.52 Å². The van der Waals surface area contributed by atoms with E-state index in [1.165, 1.54) is 6.42 Å². The monoisotopic (exact) mass is 244 g/mol. The van der Waals surface area contributed by atoms with Crippen molar-refractivity contribution in [3.05, 3.63) is 35.7 Å². The minimum atomic E-state index is 0.380. The van der Waals surface area contributed by atoms with Gasteiger partial charge in [0.25, 0.3) is 0 Å². The maximum absolute atomic E-state index is 5.01. The molecule has 94 valence electrons. The highest BCUT2D eigenvalue weighted by atomic mass is 16.5. The molecule has 2 aromatic heterocycles. The van der Waals surface area contributed by atoms with Crippen molar-refractivity contribution >= 4 is 11.6 Å². The lowest BCUT2D eigenvalue weighted by Gasteiger charge is -2.10. The minimum absolute atomic E-state index is 0.380. The molecule has 3 rings (SSSR count). The molecule has 1 aliphatic heterocycles. The van der Waals surface area contributed by atoms with Crippen LogP contribution in [-0.2, 0) is 0 Å². The van der Waals surface area contributed by atoms with Crippen molar-refractivity contribution in [3.63, 3.8) is 0 Å². The van der Waals surface area contributed by atoms with Crippen LogP contribution in [0.15, 0.2) is 28.8 Å². The Morgan fingerprint density at radius 3 is 3.06 bits per heavy atom. The van der Waals surface area contributed by atoms with Crippen molar-refractivity contribution in [2.75, 3.05) is 11.9 Å². The van der Waals surface area contributed by atoms with Gasteiger partial charge in [-0.25, -0.2) is 4.98 Å². The van der Waals surface area contributed by atoms with Crippen LogP contribution >= 0.6 is 0 Å². The van der Waals surface area contributed by atoms with Crippen LogP contribution in [0.3, 0.4) is 0 Å². The molecule has 0 aromatic carbocycles. The first-order valence-electron chi connectivity index (χ1n) is 6.22. The molecule has 1 aliphatic rings. The van der Waals surface area contributed by atoms with Gasteiger partial charge in [0.2, 0.25) is 0 Å². The summed E-state index contributed by atoms with van der Waals surface area (Å²) >= 11 is 0. The second-order valence-electron chi connectivity index (χ2n) is 4.54. The van der Waals surface area contributed by atoms with Gasteiger partial charge in [0, 0.05) is 12.1 Å². The average Bonchev–Trinajstić information content (AvgIpc) is 3.01. The van der Waals surface area contributed by atoms with E-state index in [1.54, 1.807) is 0 Å². The SMILES string of the molecule is Cc1cc(Nc2cccc([C@@H]3CCCN3)n2)no1. The number of hydrogen-bond donors (Lipinski definition) is 2. The normalized spacial score (nSPS) is 19.1. The molecule has 3 heterocycles. The van der Waals surface area contributed by atoms with E-state index in [1.807, 2.05) is 25.1 Å². The van der Waals surface area contributed by atoms with Gasteiger partial charge in [-0.2, -0.15) is 0 Å². The van der Waals surface area contributed by atoms with Crippen LogP contribution in [0.4, 0.5) is 11.6 Å². The Morgan fingerprint density at radius 2 is 2.33 bits per heavy atom. The second kappa shape index (κ2) is 4.78. The highest BCUT2D eigenvalue weighted by Gasteiger charge is 2.17. The van der Waals surface area contributed by atoms with Crippen molar-refractivity contribution in [3.8, 4) is 0 Å². The molecule has 0 aliphatic carbocycles. The fourth-order valence-corrected chi connectivity index (χ4v) is 2.21. The van der Waals surface area contributed by atoms with Crippen molar-refractivity contribution in [2.45, 2.75) is 25.8 Å². The summed E-state index contributed by atoms with van der Waals surface area (Å²) in [5, 5.41) is 10.5. The number of aromatic nitrogens is 2. The Balaban J connectivity index is 1.78. The molecule has 0 saturated carbocycles. The van der Waals surface area contributed by atoms with Crippen LogP contribution in [0, 0.1) is 6.92 Å². The second-order valence-corrected chi connectivity index (χ2v) is 4.54. The standard InChI is InChI=1S/C13H16N4O/c1-9-8-13(17-18-9)16-12-6-2-4-11(15-12)10-5-3-7-14-10/h2,4,6,8,10,14H,3,5,7H2,1H3,(H,15,16,17)/t10-/m0/s1. The quantitative estimate of drug-likeness (QED) is 0.868. The molecule has 2 aromatic rings. The van der Waals surface area contributed by atoms with Crippen LogP contribution in [0.5, 0.6) is 0 Å². The Morgan fingerprint density at radius 1 is 1.39 bits per heavy atom. The van der Waals surface area contributed by atoms with Crippen LogP contribution in [0.25, 0.3) is 0 Å². The van der Waals surface area contributed by atoms with Crippen molar-refractivity contribution in [1.82, 2.24) is 15.5 Å². The van der Waals surface area contributed by atoms with E-state index in [0.717, 1.165) is 30.2 Å². The Hall–Kier alpha value is -1.88. The Kier molecular flexibility index (Phi) is 2.98. The van der Waals surface area contributed by atoms with Gasteiger partial charge < -0.3 is 15.2 Å². The summed E-state index contributed by atoms with van der Waals surface area (Å²) in [4.78, 5) is 4.60. The summed E-state index contributed by atoms with van der Waals surface area (Å²) in [6.07, 6.45) is 2.37. The molecule has 1 fully saturated rings. The van der Waals surface area contributed by atoms with Crippen LogP contribution < -0.4 is 10.6 Å². The van der Waals surface area contributed by atoms with Crippen molar-refractivity contribution in [1.29, 1.82) is 0 Å². The molecule has 0 spiro atoms. The molecule has 0 amide bonds. The minimum Gasteiger partial charge on any atom is -0.360 e. The number of hydrogen-bond acceptors (Lipinski definition) is 5. The van der Waals surface area contributed by atoms with E-state index in [0.29, 0.717) is 11.9 Å². The summed E-state index contributed by atoms with van der Waals surface area (Å²) in [6, 6.07) is 8.23. The van der Waals surface area contributed by atoms with Gasteiger partial charge >= 0.3 is 0 Å². The maximum Gasteiger partial charge on any atom is 0.175 e. The average molecular weight is 244 g/mol. The van der Waals surface area contributed by atoms with Gasteiger partial charge in [-0.1, -0.05) is 11.2 Å². The predicted octanol–water partition coefficient (Wildman–Crippen LogP) is 2.55. The zero-order valence-corrected chi connectivity index (χ0v) is 10.3. The van der Waals surface area contributed by atoms with E-state index < -0.39 is 0 Å². The van der Waals surface area contributed by atoms with Crippen molar-refractivity contribution < 1.29 is 4.52 Å². The third-order valence-corrected chi connectivity index (χ3v) is 3.07. The highest BCUT2D eigenvalue weighted by molar-refractivity contribution is 5.51. The van der Waals surface area contributed by atoms with E-state index in [9.17, 15) is 0 Å². The molecule has 5 nitrogen and oxygen atoms in total. The van der Waals surface area contributed by atoms with Crippen LogP contribution in [0.2, 0.25) is 0 Å². The number of rotatable bonds is 3. The number of pyridine rings is 1. The number of aryl methyl sites for hydroxylation is 1. The van der Waals surface area contributed by atoms with Gasteiger partial charge in [-0.3, -0.25) is 0 Å². The molecule has 2 N–H and O–H groups in total. The summed E-state index contributed by atoms with van der Waals surface area (Å²) in [7, 11) is 0. The summed E-state index contributed by atoms with van der Waals surface area (Å²) in [5.41, 5.74) is 1.08. The van der Waals surface area contributed by atoms with Gasteiger partial charge in [0.1, 0.15) is 11.6 Å². The van der Waals surface area contributed by atoms with Crippen LogP contribution in [0.1, 0.15) is 30.3 Å². The molecular formula is C13H16N4O. The summed E-state index contributed by atoms with van der Waals surface area (Å²) in [6.45, 7) is 2.94. The first-order chi connectivity index (χ1) is 8.81. The summed E-state index contributed by atoms with van der Waals surface area (Å²) < 4.78 is 5.01. The number of anilines is 2. The molecule has 0 bridgehead atoms. The molecule has 1 atom stereocenters. The number of nitrogens with zero attached hydrogens (tertiary/aromatic N) is 2. The Labute approximate surface area is 106 Å². The number of nitrogens with one attached hydrogen (secondary N) is 2. The molecule has 5 heteroatoms. The smallest absolute Gasteiger partial charge is 0.175 e. The topological polar surface area (TPSA) is 63.0 Å². The van der Waals surface area contributed by atoms with Crippen molar-refractivity contribution in [2.24, 2.45) is 0 Å². The van der Waals surface area contributed by atoms with Gasteiger partial charge in [-0.15, -0.1) is 0 Å². The van der Waals surface area contributed by atoms with E-state index in [-0.39, 0.29) is 0 Å². The predicted molar refractivity (Wildman–Crippen MR) is 68.7 cm³/mol. The lowest BCUT2D eigenvalue weighted by Crippen LogP contribution is -2.14. The third-order valence-electron chi connectivity index (χ3n) is 3.07. The molecule has 1 saturated heterocycles. The highest BCUT2D eigenvalue weighted by Crippen LogP contribution is 2.23. The van der Waals surface area contributed by atoms with Gasteiger partial charge in [-0.05, 0) is 38.4 Å². The lowest BCUT2D eigenvalue weighted by atomic mass is 10.1. The zero-order valence-electron chi connectivity index (χ0n) is 10.3. The summed E-state index contributed by atoms with van der Waals surface area (Å²) in [5.74, 6) is 2.28. The fraction of sp³-hybridized carbons (Fsp3) is 0.385. The largest absolute Gasteiger partial charge is 0.360 e. The Bertz CT molecular complexity index is 531. The fourth-order valence-electron chi connectivity index (χ4n) is 2.21.